The number of benzene rings is 2. The van der Waals surface area contributed by atoms with Crippen LogP contribution in [0.1, 0.15) is 10.6 Å². The Labute approximate surface area is 129 Å². The Morgan fingerprint density at radius 1 is 1.29 bits per heavy atom. The van der Waals surface area contributed by atoms with Gasteiger partial charge in [0.2, 0.25) is 0 Å². The Bertz CT molecular complexity index is 814. The van der Waals surface area contributed by atoms with E-state index in [0.717, 1.165) is 9.99 Å². The lowest BCUT2D eigenvalue weighted by Crippen LogP contribution is -2.13. The molecule has 3 rings (SSSR count). The smallest absolute Gasteiger partial charge is 0.291 e. The number of nitrogens with zero attached hydrogens (tertiary/aromatic N) is 1. The van der Waals surface area contributed by atoms with E-state index >= 15 is 0 Å². The molecule has 0 saturated heterocycles. The van der Waals surface area contributed by atoms with Crippen molar-refractivity contribution >= 4 is 38.6 Å². The summed E-state index contributed by atoms with van der Waals surface area (Å²) in [4.78, 5) is 19.5. The molecule has 0 bridgehead atoms. The number of carbonyl (C=O) groups excluding carboxylic acids is 1. The van der Waals surface area contributed by atoms with Gasteiger partial charge in [-0.15, -0.1) is 0 Å². The minimum absolute atomic E-state index is 0.262. The minimum Gasteiger partial charge on any atom is -0.497 e. The number of amides is 1. The van der Waals surface area contributed by atoms with E-state index in [0.29, 0.717) is 17.0 Å². The highest BCUT2D eigenvalue weighted by atomic mass is 79.9. The second kappa shape index (κ2) is 5.57. The highest BCUT2D eigenvalue weighted by molar-refractivity contribution is 9.10. The molecule has 1 heterocycles. The van der Waals surface area contributed by atoms with E-state index in [4.69, 9.17) is 4.74 Å². The molecule has 5 nitrogen and oxygen atoms in total. The van der Waals surface area contributed by atoms with E-state index in [1.165, 1.54) is 0 Å². The number of ether oxygens (including phenoxy) is 1. The van der Waals surface area contributed by atoms with Crippen molar-refractivity contribution in [3.05, 3.63) is 52.8 Å². The molecular weight excluding hydrogens is 334 g/mol. The molecule has 0 aliphatic heterocycles. The molecule has 0 spiro atoms. The van der Waals surface area contributed by atoms with Crippen LogP contribution < -0.4 is 10.1 Å². The Morgan fingerprint density at radius 3 is 2.90 bits per heavy atom. The molecule has 21 heavy (non-hydrogen) atoms. The van der Waals surface area contributed by atoms with Crippen molar-refractivity contribution in [2.75, 3.05) is 12.4 Å². The first-order chi connectivity index (χ1) is 10.2. The van der Waals surface area contributed by atoms with Crippen LogP contribution >= 0.6 is 15.9 Å². The predicted molar refractivity (Wildman–Crippen MR) is 84.7 cm³/mol. The standard InChI is InChI=1S/C15H12BrN3O2/c1-21-11-5-6-12-13(8-11)19-14(18-12)15(20)17-10-4-2-3-9(16)7-10/h2-8H,1H3,(H,17,20)(H,18,19). The van der Waals surface area contributed by atoms with E-state index in [2.05, 4.69) is 31.2 Å². The number of anilines is 1. The van der Waals surface area contributed by atoms with Gasteiger partial charge in [0.1, 0.15) is 5.75 Å². The molecule has 0 aliphatic rings. The summed E-state index contributed by atoms with van der Waals surface area (Å²) in [6, 6.07) is 12.8. The normalized spacial score (nSPS) is 10.6. The molecule has 2 N–H and O–H groups in total. The summed E-state index contributed by atoms with van der Waals surface area (Å²) in [6.07, 6.45) is 0. The Kier molecular flexibility index (Phi) is 3.62. The van der Waals surface area contributed by atoms with Crippen molar-refractivity contribution in [2.45, 2.75) is 0 Å². The summed E-state index contributed by atoms with van der Waals surface area (Å²) in [5.41, 5.74) is 2.18. The minimum atomic E-state index is -0.289. The second-order valence-corrected chi connectivity index (χ2v) is 5.35. The van der Waals surface area contributed by atoms with Gasteiger partial charge in [-0.25, -0.2) is 4.98 Å². The van der Waals surface area contributed by atoms with Crippen LogP contribution in [0.3, 0.4) is 0 Å². The molecule has 0 fully saturated rings. The molecule has 0 unspecified atom stereocenters. The molecule has 106 valence electrons. The fraction of sp³-hybridized carbons (Fsp3) is 0.0667. The highest BCUT2D eigenvalue weighted by Crippen LogP contribution is 2.20. The molecule has 1 amide bonds. The highest BCUT2D eigenvalue weighted by Gasteiger charge is 2.12. The Balaban J connectivity index is 1.87. The monoisotopic (exact) mass is 345 g/mol. The third-order valence-corrected chi connectivity index (χ3v) is 3.48. The third kappa shape index (κ3) is 2.90. The summed E-state index contributed by atoms with van der Waals surface area (Å²) in [7, 11) is 1.59. The van der Waals surface area contributed by atoms with E-state index < -0.39 is 0 Å². The van der Waals surface area contributed by atoms with Crippen LogP contribution in [0.2, 0.25) is 0 Å². The molecule has 6 heteroatoms. The molecule has 0 atom stereocenters. The maximum atomic E-state index is 12.2. The number of halogens is 1. The van der Waals surface area contributed by atoms with Gasteiger partial charge in [0.05, 0.1) is 18.1 Å². The average molecular weight is 346 g/mol. The fourth-order valence-corrected chi connectivity index (χ4v) is 2.38. The number of H-pyrrole nitrogens is 1. The summed E-state index contributed by atoms with van der Waals surface area (Å²) >= 11 is 3.36. The largest absolute Gasteiger partial charge is 0.497 e. The van der Waals surface area contributed by atoms with Gasteiger partial charge in [-0.3, -0.25) is 4.79 Å². The zero-order valence-electron chi connectivity index (χ0n) is 11.2. The quantitative estimate of drug-likeness (QED) is 0.762. The van der Waals surface area contributed by atoms with Crippen LogP contribution in [-0.2, 0) is 0 Å². The first-order valence-corrected chi connectivity index (χ1v) is 7.06. The topological polar surface area (TPSA) is 67.0 Å². The Morgan fingerprint density at radius 2 is 2.14 bits per heavy atom. The number of hydrogen-bond acceptors (Lipinski definition) is 3. The second-order valence-electron chi connectivity index (χ2n) is 4.43. The number of fused-ring (bicyclic) bond motifs is 1. The first kappa shape index (κ1) is 13.6. The molecule has 0 saturated carbocycles. The SMILES string of the molecule is COc1ccc2[nH]c(C(=O)Nc3cccc(Br)c3)nc2c1. The number of rotatable bonds is 3. The van der Waals surface area contributed by atoms with Crippen molar-refractivity contribution in [3.8, 4) is 5.75 Å². The summed E-state index contributed by atoms with van der Waals surface area (Å²) in [5, 5.41) is 2.79. The maximum absolute atomic E-state index is 12.2. The summed E-state index contributed by atoms with van der Waals surface area (Å²) < 4.78 is 6.04. The number of aromatic nitrogens is 2. The maximum Gasteiger partial charge on any atom is 0.291 e. The number of imidazole rings is 1. The van der Waals surface area contributed by atoms with Crippen molar-refractivity contribution in [3.63, 3.8) is 0 Å². The number of nitrogens with one attached hydrogen (secondary N) is 2. The van der Waals surface area contributed by atoms with Crippen molar-refractivity contribution in [1.82, 2.24) is 9.97 Å². The summed E-state index contributed by atoms with van der Waals surface area (Å²) in [6.45, 7) is 0. The van der Waals surface area contributed by atoms with Gasteiger partial charge in [-0.1, -0.05) is 22.0 Å². The molecule has 0 aliphatic carbocycles. The van der Waals surface area contributed by atoms with Gasteiger partial charge in [-0.05, 0) is 30.3 Å². The van der Waals surface area contributed by atoms with E-state index in [1.807, 2.05) is 36.4 Å². The number of aromatic amines is 1. The molecule has 0 radical (unpaired) electrons. The van der Waals surface area contributed by atoms with Crippen LogP contribution in [0, 0.1) is 0 Å². The average Bonchev–Trinajstić information content (AvgIpc) is 2.90. The van der Waals surface area contributed by atoms with Gasteiger partial charge in [-0.2, -0.15) is 0 Å². The van der Waals surface area contributed by atoms with Crippen molar-refractivity contribution < 1.29 is 9.53 Å². The zero-order valence-corrected chi connectivity index (χ0v) is 12.8. The first-order valence-electron chi connectivity index (χ1n) is 6.26. The van der Waals surface area contributed by atoms with E-state index in [1.54, 1.807) is 13.2 Å². The molecular formula is C15H12BrN3O2. The van der Waals surface area contributed by atoms with Gasteiger partial charge in [0, 0.05) is 16.2 Å². The van der Waals surface area contributed by atoms with Gasteiger partial charge in [0.15, 0.2) is 5.82 Å². The van der Waals surface area contributed by atoms with Gasteiger partial charge < -0.3 is 15.0 Å². The zero-order chi connectivity index (χ0) is 14.8. The van der Waals surface area contributed by atoms with Crippen molar-refractivity contribution in [1.29, 1.82) is 0 Å². The van der Waals surface area contributed by atoms with Crippen molar-refractivity contribution in [2.24, 2.45) is 0 Å². The van der Waals surface area contributed by atoms with Gasteiger partial charge in [0.25, 0.3) is 5.91 Å². The van der Waals surface area contributed by atoms with E-state index in [9.17, 15) is 4.79 Å². The van der Waals surface area contributed by atoms with Crippen LogP contribution in [0.5, 0.6) is 5.75 Å². The lowest BCUT2D eigenvalue weighted by atomic mass is 10.3. The summed E-state index contributed by atoms with van der Waals surface area (Å²) in [5.74, 6) is 0.675. The van der Waals surface area contributed by atoms with Crippen LogP contribution in [-0.4, -0.2) is 23.0 Å². The predicted octanol–water partition coefficient (Wildman–Crippen LogP) is 3.59. The lowest BCUT2D eigenvalue weighted by Gasteiger charge is -2.02. The van der Waals surface area contributed by atoms with E-state index in [-0.39, 0.29) is 11.7 Å². The number of carbonyl (C=O) groups is 1. The van der Waals surface area contributed by atoms with Gasteiger partial charge >= 0.3 is 0 Å². The van der Waals surface area contributed by atoms with Crippen LogP contribution in [0.15, 0.2) is 46.9 Å². The molecule has 2 aromatic carbocycles. The molecule has 1 aromatic heterocycles. The van der Waals surface area contributed by atoms with Crippen LogP contribution in [0.4, 0.5) is 5.69 Å². The lowest BCUT2D eigenvalue weighted by molar-refractivity contribution is 0.101. The Hall–Kier alpha value is -2.34. The van der Waals surface area contributed by atoms with Crippen LogP contribution in [0.25, 0.3) is 11.0 Å². The number of methoxy groups -OCH3 is 1. The fourth-order valence-electron chi connectivity index (χ4n) is 1.98. The number of hydrogen-bond donors (Lipinski definition) is 2. The molecule has 3 aromatic rings. The third-order valence-electron chi connectivity index (χ3n) is 2.99.